The van der Waals surface area contributed by atoms with E-state index in [0.717, 1.165) is 40.7 Å². The maximum Gasteiger partial charge on any atom is 0.228 e. The van der Waals surface area contributed by atoms with Crippen LogP contribution in [0.1, 0.15) is 29.7 Å². The maximum atomic E-state index is 13.0. The number of benzene rings is 3. The van der Waals surface area contributed by atoms with Gasteiger partial charge in [0.15, 0.2) is 5.58 Å². The number of aryl methyl sites for hydroxylation is 1. The fourth-order valence-electron chi connectivity index (χ4n) is 4.96. The van der Waals surface area contributed by atoms with Gasteiger partial charge in [-0.2, -0.15) is 0 Å². The molecule has 0 radical (unpaired) electrons. The molecule has 170 valence electrons. The third-order valence-corrected chi connectivity index (χ3v) is 6.98. The van der Waals surface area contributed by atoms with Crippen LogP contribution in [0.15, 0.2) is 77.3 Å². The second-order valence-electron chi connectivity index (χ2n) is 9.31. The number of amides is 1. The molecule has 3 aromatic carbocycles. The van der Waals surface area contributed by atoms with Gasteiger partial charge < -0.3 is 14.2 Å². The van der Waals surface area contributed by atoms with Gasteiger partial charge in [-0.25, -0.2) is 0 Å². The maximum absolute atomic E-state index is 13.0. The van der Waals surface area contributed by atoms with E-state index in [-0.39, 0.29) is 17.9 Å². The van der Waals surface area contributed by atoms with Crippen molar-refractivity contribution in [3.8, 4) is 16.9 Å². The van der Waals surface area contributed by atoms with E-state index in [4.69, 9.17) is 9.26 Å². The van der Waals surface area contributed by atoms with Crippen molar-refractivity contribution in [2.24, 2.45) is 0 Å². The lowest BCUT2D eigenvalue weighted by atomic mass is 9.87. The number of hydrogen-bond donors (Lipinski definition) is 0. The number of carbonyl (C=O) groups excluding carboxylic acids is 1. The van der Waals surface area contributed by atoms with Gasteiger partial charge >= 0.3 is 0 Å². The molecule has 1 amide bonds. The molecule has 6 rings (SSSR count). The lowest BCUT2D eigenvalue weighted by Crippen LogP contribution is -2.49. The van der Waals surface area contributed by atoms with E-state index in [1.54, 1.807) is 0 Å². The van der Waals surface area contributed by atoms with Gasteiger partial charge in [0.1, 0.15) is 17.0 Å². The third-order valence-electron chi connectivity index (χ3n) is 6.98. The molecule has 2 aliphatic heterocycles. The molecule has 34 heavy (non-hydrogen) atoms. The van der Waals surface area contributed by atoms with Crippen LogP contribution in [0.4, 0.5) is 0 Å². The van der Waals surface area contributed by atoms with Crippen LogP contribution < -0.4 is 4.74 Å². The number of nitrogens with zero attached hydrogens (tertiary/aromatic N) is 2. The van der Waals surface area contributed by atoms with Crippen molar-refractivity contribution < 1.29 is 14.1 Å². The number of carbonyl (C=O) groups is 1. The molecule has 0 N–H and O–H groups in total. The molecular weight excluding hydrogens is 424 g/mol. The Bertz CT molecular complexity index is 1400. The lowest BCUT2D eigenvalue weighted by molar-refractivity contribution is -0.133. The summed E-state index contributed by atoms with van der Waals surface area (Å²) in [7, 11) is 0. The minimum absolute atomic E-state index is 0.0826. The van der Waals surface area contributed by atoms with E-state index < -0.39 is 0 Å². The summed E-state index contributed by atoms with van der Waals surface area (Å²) in [5.41, 5.74) is 5.68. The summed E-state index contributed by atoms with van der Waals surface area (Å²) < 4.78 is 11.9. The molecule has 0 aliphatic carbocycles. The summed E-state index contributed by atoms with van der Waals surface area (Å²) in [6, 6.07) is 22.7. The Morgan fingerprint density at radius 2 is 1.82 bits per heavy atom. The number of fused-ring (bicyclic) bond motifs is 2. The van der Waals surface area contributed by atoms with Gasteiger partial charge in [0, 0.05) is 36.9 Å². The minimum atomic E-state index is -0.351. The topological polar surface area (TPSA) is 55.6 Å². The summed E-state index contributed by atoms with van der Waals surface area (Å²) in [5, 5.41) is 5.07. The molecule has 0 bridgehead atoms. The highest BCUT2D eigenvalue weighted by atomic mass is 16.5. The number of hydrogen-bond acceptors (Lipinski definition) is 4. The second-order valence-corrected chi connectivity index (χ2v) is 9.31. The molecule has 1 fully saturated rings. The monoisotopic (exact) mass is 450 g/mol. The van der Waals surface area contributed by atoms with Crippen molar-refractivity contribution in [1.29, 1.82) is 0 Å². The van der Waals surface area contributed by atoms with Crippen LogP contribution in [0.2, 0.25) is 0 Å². The average molecular weight is 451 g/mol. The summed E-state index contributed by atoms with van der Waals surface area (Å²) >= 11 is 0. The Morgan fingerprint density at radius 3 is 2.65 bits per heavy atom. The Hall–Kier alpha value is -3.86. The highest BCUT2D eigenvalue weighted by molar-refractivity contribution is 5.86. The van der Waals surface area contributed by atoms with Crippen LogP contribution in [-0.2, 0) is 11.2 Å². The van der Waals surface area contributed by atoms with Crippen LogP contribution in [0.5, 0.6) is 5.75 Å². The summed E-state index contributed by atoms with van der Waals surface area (Å²) in [5.74, 6) is 0.991. The standard InChI is InChI=1S/C29H26N2O3/c1-20-7-9-27-24(17-20)25(30-34-27)19-28(32)31-15-13-29(14-16-31)12-11-23-18-22(8-10-26(23)33-29)21-5-3-2-4-6-21/h2-12,17-18H,13-16,19H2,1H3. The van der Waals surface area contributed by atoms with Crippen LogP contribution in [0, 0.1) is 6.92 Å². The number of aromatic nitrogens is 1. The molecule has 3 heterocycles. The van der Waals surface area contributed by atoms with Crippen LogP contribution in [0.3, 0.4) is 0 Å². The molecule has 0 atom stereocenters. The molecular formula is C29H26N2O3. The second kappa shape index (κ2) is 8.17. The van der Waals surface area contributed by atoms with Gasteiger partial charge in [-0.15, -0.1) is 0 Å². The zero-order chi connectivity index (χ0) is 23.1. The highest BCUT2D eigenvalue weighted by Crippen LogP contribution is 2.39. The zero-order valence-corrected chi connectivity index (χ0v) is 19.2. The lowest BCUT2D eigenvalue weighted by Gasteiger charge is -2.42. The normalized spacial score (nSPS) is 16.4. The van der Waals surface area contributed by atoms with Crippen LogP contribution in [0.25, 0.3) is 28.2 Å². The van der Waals surface area contributed by atoms with E-state index in [1.807, 2.05) is 36.1 Å². The number of likely N-dealkylation sites (tertiary alicyclic amines) is 1. The largest absolute Gasteiger partial charge is 0.482 e. The summed E-state index contributed by atoms with van der Waals surface area (Å²) in [4.78, 5) is 14.9. The zero-order valence-electron chi connectivity index (χ0n) is 19.2. The highest BCUT2D eigenvalue weighted by Gasteiger charge is 2.38. The first kappa shape index (κ1) is 20.7. The summed E-state index contributed by atoms with van der Waals surface area (Å²) in [6.45, 7) is 3.35. The quantitative estimate of drug-likeness (QED) is 0.395. The number of piperidine rings is 1. The Labute approximate surface area is 198 Å². The smallest absolute Gasteiger partial charge is 0.228 e. The first-order valence-electron chi connectivity index (χ1n) is 11.8. The Balaban J connectivity index is 1.13. The van der Waals surface area contributed by atoms with Gasteiger partial charge in [-0.05, 0) is 48.4 Å². The number of rotatable bonds is 3. The molecule has 5 nitrogen and oxygen atoms in total. The van der Waals surface area contributed by atoms with E-state index in [2.05, 4.69) is 59.8 Å². The molecule has 0 unspecified atom stereocenters. The molecule has 4 aromatic rings. The molecule has 2 aliphatic rings. The predicted molar refractivity (Wildman–Crippen MR) is 133 cm³/mol. The van der Waals surface area contributed by atoms with Crippen LogP contribution in [-0.4, -0.2) is 34.7 Å². The van der Waals surface area contributed by atoms with E-state index in [9.17, 15) is 4.79 Å². The first-order chi connectivity index (χ1) is 16.6. The van der Waals surface area contributed by atoms with Gasteiger partial charge in [0.2, 0.25) is 5.91 Å². The van der Waals surface area contributed by atoms with Crippen molar-refractivity contribution in [3.05, 3.63) is 89.6 Å². The molecule has 0 saturated carbocycles. The van der Waals surface area contributed by atoms with E-state index in [0.29, 0.717) is 18.8 Å². The van der Waals surface area contributed by atoms with Gasteiger partial charge in [-0.3, -0.25) is 4.79 Å². The first-order valence-corrected chi connectivity index (χ1v) is 11.8. The van der Waals surface area contributed by atoms with E-state index in [1.165, 1.54) is 11.1 Å². The van der Waals surface area contributed by atoms with Crippen molar-refractivity contribution in [2.45, 2.75) is 31.8 Å². The third kappa shape index (κ3) is 3.77. The molecule has 5 heteroatoms. The van der Waals surface area contributed by atoms with Crippen molar-refractivity contribution in [3.63, 3.8) is 0 Å². The molecule has 1 aromatic heterocycles. The van der Waals surface area contributed by atoms with E-state index >= 15 is 0 Å². The Kier molecular flexibility index (Phi) is 4.98. The average Bonchev–Trinajstić information content (AvgIpc) is 3.26. The van der Waals surface area contributed by atoms with Crippen LogP contribution >= 0.6 is 0 Å². The number of ether oxygens (including phenoxy) is 1. The van der Waals surface area contributed by atoms with Gasteiger partial charge in [-0.1, -0.05) is 59.3 Å². The Morgan fingerprint density at radius 1 is 1.00 bits per heavy atom. The minimum Gasteiger partial charge on any atom is -0.482 e. The van der Waals surface area contributed by atoms with Crippen molar-refractivity contribution in [2.75, 3.05) is 13.1 Å². The fraction of sp³-hybridized carbons (Fsp3) is 0.241. The van der Waals surface area contributed by atoms with Crippen molar-refractivity contribution >= 4 is 23.0 Å². The molecule has 1 spiro atoms. The van der Waals surface area contributed by atoms with Gasteiger partial charge in [0.05, 0.1) is 6.42 Å². The predicted octanol–water partition coefficient (Wildman–Crippen LogP) is 5.81. The van der Waals surface area contributed by atoms with Crippen molar-refractivity contribution in [1.82, 2.24) is 10.1 Å². The fourth-order valence-corrected chi connectivity index (χ4v) is 4.96. The molecule has 1 saturated heterocycles. The summed E-state index contributed by atoms with van der Waals surface area (Å²) in [6.07, 6.45) is 6.15. The SMILES string of the molecule is Cc1ccc2onc(CC(=O)N3CCC4(C=Cc5cc(-c6ccccc6)ccc5O4)CC3)c2c1. The van der Waals surface area contributed by atoms with Gasteiger partial charge in [0.25, 0.3) is 0 Å².